The highest BCUT2D eigenvalue weighted by Gasteiger charge is 1.90. The Morgan fingerprint density at radius 3 is 1.68 bits per heavy atom. The third-order valence-corrected chi connectivity index (χ3v) is 3.62. The maximum absolute atomic E-state index is 10.6. The average Bonchev–Trinajstić information content (AvgIpc) is 2.50. The molecule has 0 saturated heterocycles. The van der Waals surface area contributed by atoms with E-state index in [9.17, 15) is 4.79 Å². The van der Waals surface area contributed by atoms with Crippen LogP contribution in [0.2, 0.25) is 0 Å². The van der Waals surface area contributed by atoms with Gasteiger partial charge in [0, 0.05) is 6.92 Å². The van der Waals surface area contributed by atoms with Gasteiger partial charge in [-0.25, -0.2) is 0 Å². The summed E-state index contributed by atoms with van der Waals surface area (Å²) >= 11 is 0. The number of carbonyl (C=O) groups is 1. The molecule has 2 nitrogen and oxygen atoms in total. The van der Waals surface area contributed by atoms with Gasteiger partial charge >= 0.3 is 5.97 Å². The smallest absolute Gasteiger partial charge is 0.302 e. The second kappa shape index (κ2) is 18.0. The number of allylic oxidation sites excluding steroid dienone is 4. The van der Waals surface area contributed by atoms with Gasteiger partial charge in [-0.05, 0) is 51.4 Å². The normalized spacial score (nSPS) is 11.5. The lowest BCUT2D eigenvalue weighted by atomic mass is 10.1. The van der Waals surface area contributed by atoms with Gasteiger partial charge in [0.15, 0.2) is 0 Å². The van der Waals surface area contributed by atoms with Crippen molar-refractivity contribution in [2.75, 3.05) is 6.61 Å². The molecule has 0 bridgehead atoms. The Balaban J connectivity index is 3.17. The van der Waals surface area contributed by atoms with Crippen LogP contribution in [0.25, 0.3) is 0 Å². The molecule has 0 atom stereocenters. The van der Waals surface area contributed by atoms with E-state index in [2.05, 4.69) is 31.2 Å². The zero-order valence-corrected chi connectivity index (χ0v) is 14.8. The fraction of sp³-hybridized carbons (Fsp3) is 0.750. The molecule has 0 unspecified atom stereocenters. The second-order valence-electron chi connectivity index (χ2n) is 5.91. The topological polar surface area (TPSA) is 26.3 Å². The van der Waals surface area contributed by atoms with E-state index in [0.717, 1.165) is 12.8 Å². The van der Waals surface area contributed by atoms with Crippen molar-refractivity contribution in [3.63, 3.8) is 0 Å². The number of hydrogen-bond donors (Lipinski definition) is 0. The number of unbranched alkanes of at least 4 members (excludes halogenated alkanes) is 9. The third kappa shape index (κ3) is 18.9. The zero-order valence-electron chi connectivity index (χ0n) is 14.8. The molecule has 0 saturated carbocycles. The summed E-state index contributed by atoms with van der Waals surface area (Å²) in [6, 6.07) is 0. The second-order valence-corrected chi connectivity index (χ2v) is 5.91. The maximum atomic E-state index is 10.6. The fourth-order valence-electron chi connectivity index (χ4n) is 2.28. The highest BCUT2D eigenvalue weighted by Crippen LogP contribution is 2.07. The van der Waals surface area contributed by atoms with Crippen LogP contribution in [0.4, 0.5) is 0 Å². The van der Waals surface area contributed by atoms with E-state index < -0.39 is 0 Å². The lowest BCUT2D eigenvalue weighted by molar-refractivity contribution is -0.141. The van der Waals surface area contributed by atoms with Crippen LogP contribution >= 0.6 is 0 Å². The van der Waals surface area contributed by atoms with Crippen molar-refractivity contribution in [2.24, 2.45) is 0 Å². The van der Waals surface area contributed by atoms with E-state index in [1.807, 2.05) is 0 Å². The lowest BCUT2D eigenvalue weighted by Crippen LogP contribution is -1.99. The molecule has 22 heavy (non-hydrogen) atoms. The number of esters is 1. The van der Waals surface area contributed by atoms with Gasteiger partial charge in [-0.1, -0.05) is 56.9 Å². The van der Waals surface area contributed by atoms with Gasteiger partial charge < -0.3 is 4.74 Å². The first kappa shape index (κ1) is 20.9. The number of ether oxygens (including phenoxy) is 1. The minimum atomic E-state index is -0.182. The van der Waals surface area contributed by atoms with Gasteiger partial charge in [-0.3, -0.25) is 4.79 Å². The molecule has 0 radical (unpaired) electrons. The van der Waals surface area contributed by atoms with E-state index in [0.29, 0.717) is 6.61 Å². The molecule has 2 heteroatoms. The van der Waals surface area contributed by atoms with Gasteiger partial charge in [0.1, 0.15) is 0 Å². The highest BCUT2D eigenvalue weighted by atomic mass is 16.5. The molecule has 0 aromatic rings. The first-order valence-electron chi connectivity index (χ1n) is 9.20. The van der Waals surface area contributed by atoms with E-state index in [-0.39, 0.29) is 5.97 Å². The molecule has 0 heterocycles. The van der Waals surface area contributed by atoms with Gasteiger partial charge in [-0.2, -0.15) is 0 Å². The Morgan fingerprint density at radius 1 is 0.727 bits per heavy atom. The van der Waals surface area contributed by atoms with E-state index in [4.69, 9.17) is 4.74 Å². The summed E-state index contributed by atoms with van der Waals surface area (Å²) in [6.45, 7) is 4.26. The van der Waals surface area contributed by atoms with Crippen molar-refractivity contribution in [2.45, 2.75) is 90.9 Å². The number of hydrogen-bond acceptors (Lipinski definition) is 2. The molecule has 0 aliphatic carbocycles. The lowest BCUT2D eigenvalue weighted by Gasteiger charge is -1.98. The minimum Gasteiger partial charge on any atom is -0.466 e. The summed E-state index contributed by atoms with van der Waals surface area (Å²) in [5, 5.41) is 0. The fourth-order valence-corrected chi connectivity index (χ4v) is 2.28. The largest absolute Gasteiger partial charge is 0.466 e. The predicted octanol–water partition coefficient (Wildman–Crippen LogP) is 6.36. The summed E-state index contributed by atoms with van der Waals surface area (Å²) in [5.74, 6) is -0.182. The molecular weight excluding hydrogens is 272 g/mol. The Bertz CT molecular complexity index is 292. The highest BCUT2D eigenvalue weighted by molar-refractivity contribution is 5.65. The summed E-state index contributed by atoms with van der Waals surface area (Å²) < 4.78 is 4.88. The predicted molar refractivity (Wildman–Crippen MR) is 96.0 cm³/mol. The molecule has 0 aliphatic heterocycles. The first-order valence-corrected chi connectivity index (χ1v) is 9.20. The summed E-state index contributed by atoms with van der Waals surface area (Å²) in [4.78, 5) is 10.6. The van der Waals surface area contributed by atoms with Gasteiger partial charge in [-0.15, -0.1) is 0 Å². The van der Waals surface area contributed by atoms with Crippen molar-refractivity contribution in [3.8, 4) is 0 Å². The van der Waals surface area contributed by atoms with E-state index >= 15 is 0 Å². The van der Waals surface area contributed by atoms with Gasteiger partial charge in [0.2, 0.25) is 0 Å². The number of rotatable bonds is 15. The van der Waals surface area contributed by atoms with Gasteiger partial charge in [0.05, 0.1) is 6.61 Å². The van der Waals surface area contributed by atoms with Gasteiger partial charge in [0.25, 0.3) is 0 Å². The first-order chi connectivity index (χ1) is 10.8. The van der Waals surface area contributed by atoms with Crippen molar-refractivity contribution >= 4 is 5.97 Å². The van der Waals surface area contributed by atoms with Crippen molar-refractivity contribution in [1.29, 1.82) is 0 Å². The van der Waals surface area contributed by atoms with Crippen LogP contribution in [0, 0.1) is 0 Å². The average molecular weight is 309 g/mol. The van der Waals surface area contributed by atoms with Crippen molar-refractivity contribution in [1.82, 2.24) is 0 Å². The van der Waals surface area contributed by atoms with Crippen LogP contribution in [-0.2, 0) is 9.53 Å². The Morgan fingerprint density at radius 2 is 1.18 bits per heavy atom. The van der Waals surface area contributed by atoms with Crippen LogP contribution in [0.5, 0.6) is 0 Å². The Hall–Kier alpha value is -1.05. The summed E-state index contributed by atoms with van der Waals surface area (Å²) in [6.07, 6.45) is 24.1. The quantitative estimate of drug-likeness (QED) is 0.200. The van der Waals surface area contributed by atoms with Crippen LogP contribution in [0.15, 0.2) is 24.3 Å². The molecule has 128 valence electrons. The molecule has 0 amide bonds. The molecule has 0 aromatic heterocycles. The SMILES string of the molecule is CCCCCCC/C=C\CCCC/C=C/CCCOC(C)=O. The monoisotopic (exact) mass is 308 g/mol. The maximum Gasteiger partial charge on any atom is 0.302 e. The third-order valence-electron chi connectivity index (χ3n) is 3.62. The molecule has 0 rings (SSSR count). The zero-order chi connectivity index (χ0) is 16.3. The summed E-state index contributed by atoms with van der Waals surface area (Å²) in [5.41, 5.74) is 0. The molecule has 0 spiro atoms. The Labute approximate surface area is 138 Å². The molecular formula is C20H36O2. The molecule has 0 aliphatic rings. The van der Waals surface area contributed by atoms with Crippen LogP contribution < -0.4 is 0 Å². The minimum absolute atomic E-state index is 0.182. The summed E-state index contributed by atoms with van der Waals surface area (Å²) in [7, 11) is 0. The van der Waals surface area contributed by atoms with Crippen molar-refractivity contribution in [3.05, 3.63) is 24.3 Å². The number of carbonyl (C=O) groups excluding carboxylic acids is 1. The van der Waals surface area contributed by atoms with Crippen LogP contribution in [0.3, 0.4) is 0 Å². The van der Waals surface area contributed by atoms with Crippen LogP contribution in [-0.4, -0.2) is 12.6 Å². The molecule has 0 aromatic carbocycles. The Kier molecular flexibility index (Phi) is 17.1. The van der Waals surface area contributed by atoms with E-state index in [1.54, 1.807) is 0 Å². The molecule has 0 fully saturated rings. The standard InChI is InChI=1S/C20H36O2/c1-3-4-5-6-7-8-9-10-11-12-13-14-15-16-17-18-19-22-20(2)21/h9-10,15-16H,3-8,11-14,17-19H2,1-2H3/b10-9-,16-15+. The van der Waals surface area contributed by atoms with Crippen molar-refractivity contribution < 1.29 is 9.53 Å². The van der Waals surface area contributed by atoms with E-state index in [1.165, 1.54) is 71.1 Å². The molecule has 0 N–H and O–H groups in total. The van der Waals surface area contributed by atoms with Crippen LogP contribution in [0.1, 0.15) is 90.9 Å².